The molecule has 65 heavy (non-hydrogen) atoms. The van der Waals surface area contributed by atoms with Crippen molar-refractivity contribution in [2.75, 3.05) is 26.4 Å². The van der Waals surface area contributed by atoms with Gasteiger partial charge in [-0.25, -0.2) is 9.13 Å². The summed E-state index contributed by atoms with van der Waals surface area (Å²) in [5.74, 6) is -0.302. The van der Waals surface area contributed by atoms with E-state index in [0.29, 0.717) is 32.1 Å². The molecular formula is C48H94O15P2. The van der Waals surface area contributed by atoms with Crippen LogP contribution in [0.4, 0.5) is 0 Å². The minimum absolute atomic E-state index is 0.0362. The predicted octanol–water partition coefficient (Wildman–Crippen LogP) is 11.5. The minimum atomic E-state index is -4.88. The summed E-state index contributed by atoms with van der Waals surface area (Å²) < 4.78 is 47.9. The van der Waals surface area contributed by atoms with Crippen molar-refractivity contribution < 1.29 is 71.8 Å². The number of hydrogen-bond acceptors (Lipinski definition) is 12. The van der Waals surface area contributed by atoms with E-state index in [1.165, 1.54) is 103 Å². The highest BCUT2D eigenvalue weighted by atomic mass is 31.2. The molecule has 1 unspecified atom stereocenters. The van der Waals surface area contributed by atoms with Crippen LogP contribution in [-0.2, 0) is 41.8 Å². The van der Waals surface area contributed by atoms with Crippen LogP contribution in [-0.4, -0.2) is 92.8 Å². The first-order chi connectivity index (χ1) is 31.0. The summed E-state index contributed by atoms with van der Waals surface area (Å²) in [5, 5.41) is 30.3. The molecule has 0 heterocycles. The fourth-order valence-electron chi connectivity index (χ4n) is 7.26. The number of phosphoric acid groups is 2. The summed E-state index contributed by atoms with van der Waals surface area (Å²) in [6.45, 7) is 3.92. The summed E-state index contributed by atoms with van der Waals surface area (Å²) in [5.41, 5.74) is 0. The van der Waals surface area contributed by atoms with Crippen LogP contribution in [0.5, 0.6) is 0 Å². The quantitative estimate of drug-likeness (QED) is 0.0144. The molecule has 0 radical (unpaired) electrons. The van der Waals surface area contributed by atoms with Gasteiger partial charge in [0.25, 0.3) is 0 Å². The third kappa shape index (κ3) is 46.3. The summed E-state index contributed by atoms with van der Waals surface area (Å²) in [4.78, 5) is 52.9. The highest BCUT2D eigenvalue weighted by molar-refractivity contribution is 7.47. The van der Waals surface area contributed by atoms with Gasteiger partial charge in [0.1, 0.15) is 12.7 Å². The van der Waals surface area contributed by atoms with Crippen molar-refractivity contribution >= 4 is 27.6 Å². The first-order valence-corrected chi connectivity index (χ1v) is 28.4. The van der Waals surface area contributed by atoms with E-state index in [2.05, 4.69) is 35.9 Å². The Labute approximate surface area is 393 Å². The van der Waals surface area contributed by atoms with Gasteiger partial charge in [-0.3, -0.25) is 23.2 Å². The fraction of sp³-hybridized carbons (Fsp3) is 0.917. The molecule has 5 atom stereocenters. The smallest absolute Gasteiger partial charge is 0.462 e. The van der Waals surface area contributed by atoms with Crippen molar-refractivity contribution in [1.82, 2.24) is 0 Å². The zero-order chi connectivity index (χ0) is 48.4. The lowest BCUT2D eigenvalue weighted by Crippen LogP contribution is -2.30. The molecule has 0 aliphatic carbocycles. The van der Waals surface area contributed by atoms with Crippen LogP contribution in [0.3, 0.4) is 0 Å². The standard InChI is InChI=1S/C48H94O15P2/c1-4-5-6-7-24-29-34-45(50)46(51)35-30-25-22-27-32-37-48(53)63-44(41-62-65(57,58)61-39-43(49)38-60-64(54,55)56)40-59-47(52)36-31-26-21-19-17-15-13-11-9-8-10-12-14-16-18-20-23-28-33-42(2)3/h24,29,42-46,49-51H,4-23,25-28,30-41H2,1-3H3,(H,57,58)(H2,54,55,56)/b29-24-/t43-,44+,45-,46-/m0/s1. The van der Waals surface area contributed by atoms with Crippen LogP contribution in [0.2, 0.25) is 0 Å². The maximum atomic E-state index is 12.7. The van der Waals surface area contributed by atoms with Crippen LogP contribution in [0.15, 0.2) is 12.2 Å². The van der Waals surface area contributed by atoms with Gasteiger partial charge >= 0.3 is 27.6 Å². The van der Waals surface area contributed by atoms with Crippen molar-refractivity contribution in [2.24, 2.45) is 5.92 Å². The molecule has 0 saturated heterocycles. The second-order valence-corrected chi connectivity index (χ2v) is 20.9. The SMILES string of the molecule is CCCCC/C=C\C[C@H](O)[C@@H](O)CCCCCCCC(=O)O[C@H](COC(=O)CCCCCCCCCCCCCCCCCCCCC(C)C)COP(=O)(O)OC[C@@H](O)COP(=O)(O)O. The molecule has 0 fully saturated rings. The molecule has 0 bridgehead atoms. The molecule has 0 aromatic rings. The van der Waals surface area contributed by atoms with E-state index < -0.39 is 78.4 Å². The van der Waals surface area contributed by atoms with E-state index in [-0.39, 0.29) is 12.8 Å². The Morgan fingerprint density at radius 1 is 0.508 bits per heavy atom. The second-order valence-electron chi connectivity index (χ2n) is 18.2. The maximum Gasteiger partial charge on any atom is 0.472 e. The summed E-state index contributed by atoms with van der Waals surface area (Å²) in [6.07, 6.45) is 32.2. The molecule has 15 nitrogen and oxygen atoms in total. The molecule has 0 spiro atoms. The molecule has 0 saturated carbocycles. The van der Waals surface area contributed by atoms with Crippen molar-refractivity contribution in [1.29, 1.82) is 0 Å². The normalized spacial score (nSPS) is 15.0. The average molecular weight is 973 g/mol. The number of hydrogen-bond donors (Lipinski definition) is 6. The van der Waals surface area contributed by atoms with E-state index in [9.17, 15) is 38.9 Å². The Bertz CT molecular complexity index is 1250. The number of aliphatic hydroxyl groups is 3. The van der Waals surface area contributed by atoms with Gasteiger partial charge in [0.15, 0.2) is 6.10 Å². The van der Waals surface area contributed by atoms with Gasteiger partial charge in [0.2, 0.25) is 0 Å². The topological polar surface area (TPSA) is 236 Å². The van der Waals surface area contributed by atoms with E-state index >= 15 is 0 Å². The van der Waals surface area contributed by atoms with Crippen LogP contribution < -0.4 is 0 Å². The average Bonchev–Trinajstić information content (AvgIpc) is 3.25. The van der Waals surface area contributed by atoms with E-state index in [4.69, 9.17) is 23.8 Å². The zero-order valence-electron chi connectivity index (χ0n) is 40.7. The van der Waals surface area contributed by atoms with Gasteiger partial charge < -0.3 is 39.5 Å². The molecular weight excluding hydrogens is 878 g/mol. The zero-order valence-corrected chi connectivity index (χ0v) is 42.5. The van der Waals surface area contributed by atoms with Crippen molar-refractivity contribution in [3.05, 3.63) is 12.2 Å². The van der Waals surface area contributed by atoms with Gasteiger partial charge in [0, 0.05) is 12.8 Å². The third-order valence-corrected chi connectivity index (χ3v) is 12.7. The Hall–Kier alpha value is -1.22. The molecule has 6 N–H and O–H groups in total. The number of carbonyl (C=O) groups is 2. The third-order valence-electron chi connectivity index (χ3n) is 11.3. The fourth-order valence-corrected chi connectivity index (χ4v) is 8.42. The largest absolute Gasteiger partial charge is 0.472 e. The maximum absolute atomic E-state index is 12.7. The minimum Gasteiger partial charge on any atom is -0.462 e. The molecule has 386 valence electrons. The first-order valence-electron chi connectivity index (χ1n) is 25.4. The van der Waals surface area contributed by atoms with Crippen LogP contribution >= 0.6 is 15.6 Å². The van der Waals surface area contributed by atoms with Crippen molar-refractivity contribution in [3.63, 3.8) is 0 Å². The summed E-state index contributed by atoms with van der Waals surface area (Å²) in [7, 11) is -9.73. The number of unbranched alkanes of at least 4 members (excludes halogenated alkanes) is 24. The molecule has 0 aliphatic rings. The van der Waals surface area contributed by atoms with Crippen LogP contribution in [0.25, 0.3) is 0 Å². The van der Waals surface area contributed by atoms with Crippen LogP contribution in [0.1, 0.15) is 226 Å². The number of esters is 2. The monoisotopic (exact) mass is 973 g/mol. The lowest BCUT2D eigenvalue weighted by Gasteiger charge is -2.20. The highest BCUT2D eigenvalue weighted by Gasteiger charge is 2.28. The van der Waals surface area contributed by atoms with E-state index in [1.807, 2.05) is 6.08 Å². The number of rotatable bonds is 48. The van der Waals surface area contributed by atoms with Gasteiger partial charge in [-0.05, 0) is 44.4 Å². The molecule has 0 rings (SSSR count). The lowest BCUT2D eigenvalue weighted by molar-refractivity contribution is -0.161. The first kappa shape index (κ1) is 63.8. The number of carbonyl (C=O) groups excluding carboxylic acids is 2. The highest BCUT2D eigenvalue weighted by Crippen LogP contribution is 2.44. The molecule has 0 aromatic carbocycles. The Morgan fingerprint density at radius 2 is 0.954 bits per heavy atom. The predicted molar refractivity (Wildman–Crippen MR) is 256 cm³/mol. The van der Waals surface area contributed by atoms with Gasteiger partial charge in [-0.2, -0.15) is 0 Å². The summed E-state index contributed by atoms with van der Waals surface area (Å²) >= 11 is 0. The van der Waals surface area contributed by atoms with Gasteiger partial charge in [-0.1, -0.05) is 187 Å². The number of ether oxygens (including phenoxy) is 2. The molecule has 0 amide bonds. The van der Waals surface area contributed by atoms with Crippen molar-refractivity contribution in [3.8, 4) is 0 Å². The number of phosphoric ester groups is 2. The Balaban J connectivity index is 4.46. The lowest BCUT2D eigenvalue weighted by atomic mass is 10.0. The Kier molecular flexibility index (Phi) is 42.0. The van der Waals surface area contributed by atoms with Crippen molar-refractivity contribution in [2.45, 2.75) is 251 Å². The summed E-state index contributed by atoms with van der Waals surface area (Å²) in [6, 6.07) is 0. The number of aliphatic hydroxyl groups excluding tert-OH is 3. The van der Waals surface area contributed by atoms with Gasteiger partial charge in [-0.15, -0.1) is 0 Å². The Morgan fingerprint density at radius 3 is 1.45 bits per heavy atom. The number of allylic oxidation sites excluding steroid dienone is 1. The van der Waals surface area contributed by atoms with Gasteiger partial charge in [0.05, 0.1) is 32.0 Å². The molecule has 0 aromatic heterocycles. The second kappa shape index (κ2) is 42.8. The van der Waals surface area contributed by atoms with Crippen LogP contribution in [0, 0.1) is 5.92 Å². The van der Waals surface area contributed by atoms with E-state index in [0.717, 1.165) is 63.7 Å². The molecule has 17 heteroatoms. The van der Waals surface area contributed by atoms with E-state index in [1.54, 1.807) is 0 Å². The molecule has 0 aliphatic heterocycles.